The molecule has 0 aliphatic rings. The molecule has 3 N–H and O–H groups in total. The van der Waals surface area contributed by atoms with Gasteiger partial charge in [0.25, 0.3) is 0 Å². The van der Waals surface area contributed by atoms with Crippen LogP contribution in [0, 0.1) is 0 Å². The second-order valence-electron chi connectivity index (χ2n) is 3.27. The molecular weight excluding hydrogens is 178 g/mol. The van der Waals surface area contributed by atoms with E-state index in [4.69, 9.17) is 10.6 Å². The molecule has 4 heteroatoms. The number of nitrogens with two attached hydrogens (primary N) is 1. The summed E-state index contributed by atoms with van der Waals surface area (Å²) in [7, 11) is 1.68. The lowest BCUT2D eigenvalue weighted by Gasteiger charge is -2.21. The van der Waals surface area contributed by atoms with E-state index in [1.807, 2.05) is 19.1 Å². The average Bonchev–Trinajstić information content (AvgIpc) is 2.26. The van der Waals surface area contributed by atoms with Crippen molar-refractivity contribution in [2.75, 3.05) is 7.11 Å². The predicted molar refractivity (Wildman–Crippen MR) is 55.5 cm³/mol. The molecule has 1 heterocycles. The maximum absolute atomic E-state index is 5.45. The number of nitrogens with one attached hydrogen (secondary N) is 1. The van der Waals surface area contributed by atoms with Crippen molar-refractivity contribution in [2.45, 2.75) is 25.5 Å². The second kappa shape index (κ2) is 5.70. The summed E-state index contributed by atoms with van der Waals surface area (Å²) in [6.07, 6.45) is 4.49. The molecule has 0 spiro atoms. The Morgan fingerprint density at radius 2 is 2.14 bits per heavy atom. The molecule has 0 fully saturated rings. The van der Waals surface area contributed by atoms with Crippen LogP contribution in [0.4, 0.5) is 0 Å². The van der Waals surface area contributed by atoms with Crippen molar-refractivity contribution >= 4 is 0 Å². The van der Waals surface area contributed by atoms with Crippen molar-refractivity contribution in [1.29, 1.82) is 0 Å². The van der Waals surface area contributed by atoms with Crippen LogP contribution in [0.1, 0.15) is 12.5 Å². The van der Waals surface area contributed by atoms with Gasteiger partial charge in [-0.25, -0.2) is 0 Å². The molecule has 1 aromatic rings. The lowest BCUT2D eigenvalue weighted by Crippen LogP contribution is -2.45. The van der Waals surface area contributed by atoms with Crippen LogP contribution in [0.15, 0.2) is 24.5 Å². The number of hydrogen-bond acceptors (Lipinski definition) is 4. The minimum Gasteiger partial charge on any atom is -0.380 e. The number of ether oxygens (including phenoxy) is 1. The SMILES string of the molecule is COC(C)C(Cc1ccncc1)NN. The van der Waals surface area contributed by atoms with Crippen LogP contribution in [-0.2, 0) is 11.2 Å². The zero-order valence-electron chi connectivity index (χ0n) is 8.60. The largest absolute Gasteiger partial charge is 0.380 e. The first kappa shape index (κ1) is 11.1. The molecule has 0 aliphatic carbocycles. The van der Waals surface area contributed by atoms with E-state index in [2.05, 4.69) is 10.4 Å². The van der Waals surface area contributed by atoms with Crippen LogP contribution in [-0.4, -0.2) is 24.2 Å². The highest BCUT2D eigenvalue weighted by atomic mass is 16.5. The maximum Gasteiger partial charge on any atom is 0.0712 e. The Morgan fingerprint density at radius 1 is 1.50 bits per heavy atom. The highest BCUT2D eigenvalue weighted by Gasteiger charge is 2.15. The van der Waals surface area contributed by atoms with E-state index in [1.165, 1.54) is 5.56 Å². The monoisotopic (exact) mass is 195 g/mol. The minimum absolute atomic E-state index is 0.0909. The summed E-state index contributed by atoms with van der Waals surface area (Å²) in [5.41, 5.74) is 3.96. The molecule has 0 amide bonds. The molecule has 78 valence electrons. The van der Waals surface area contributed by atoms with Crippen molar-refractivity contribution in [3.63, 3.8) is 0 Å². The van der Waals surface area contributed by atoms with Gasteiger partial charge < -0.3 is 4.74 Å². The smallest absolute Gasteiger partial charge is 0.0712 e. The van der Waals surface area contributed by atoms with Crippen LogP contribution in [0.3, 0.4) is 0 Å². The third-order valence-electron chi connectivity index (χ3n) is 2.36. The van der Waals surface area contributed by atoms with E-state index in [0.717, 1.165) is 6.42 Å². The number of aromatic nitrogens is 1. The lowest BCUT2D eigenvalue weighted by atomic mass is 10.0. The minimum atomic E-state index is 0.0909. The summed E-state index contributed by atoms with van der Waals surface area (Å²) in [6.45, 7) is 1.99. The van der Waals surface area contributed by atoms with Crippen molar-refractivity contribution in [1.82, 2.24) is 10.4 Å². The topological polar surface area (TPSA) is 60.2 Å². The van der Waals surface area contributed by atoms with Crippen LogP contribution in [0.2, 0.25) is 0 Å². The number of hydrogen-bond donors (Lipinski definition) is 2. The van der Waals surface area contributed by atoms with E-state index in [9.17, 15) is 0 Å². The Kier molecular flexibility index (Phi) is 4.52. The number of methoxy groups -OCH3 is 1. The summed E-state index contributed by atoms with van der Waals surface area (Å²) >= 11 is 0. The Hall–Kier alpha value is -0.970. The van der Waals surface area contributed by atoms with E-state index in [1.54, 1.807) is 19.5 Å². The van der Waals surface area contributed by atoms with Crippen molar-refractivity contribution in [2.24, 2.45) is 5.84 Å². The molecule has 2 unspecified atom stereocenters. The highest BCUT2D eigenvalue weighted by Crippen LogP contribution is 2.06. The first-order valence-electron chi connectivity index (χ1n) is 4.65. The van der Waals surface area contributed by atoms with Crippen LogP contribution in [0.25, 0.3) is 0 Å². The molecule has 1 rings (SSSR count). The summed E-state index contributed by atoms with van der Waals surface area (Å²) in [5, 5.41) is 0. The highest BCUT2D eigenvalue weighted by molar-refractivity contribution is 5.11. The Bertz CT molecular complexity index is 253. The first-order valence-corrected chi connectivity index (χ1v) is 4.65. The van der Waals surface area contributed by atoms with Gasteiger partial charge in [-0.05, 0) is 31.0 Å². The average molecular weight is 195 g/mol. The van der Waals surface area contributed by atoms with Gasteiger partial charge in [-0.3, -0.25) is 16.3 Å². The van der Waals surface area contributed by atoms with Gasteiger partial charge in [0.15, 0.2) is 0 Å². The molecule has 14 heavy (non-hydrogen) atoms. The molecule has 2 atom stereocenters. The Labute approximate surface area is 84.4 Å². The molecule has 0 aromatic carbocycles. The zero-order valence-corrected chi connectivity index (χ0v) is 8.60. The molecule has 0 saturated carbocycles. The molecular formula is C10H17N3O. The quantitative estimate of drug-likeness (QED) is 0.530. The molecule has 0 bridgehead atoms. The van der Waals surface area contributed by atoms with Crippen molar-refractivity contribution in [3.05, 3.63) is 30.1 Å². The fourth-order valence-electron chi connectivity index (χ4n) is 1.30. The van der Waals surface area contributed by atoms with Gasteiger partial charge >= 0.3 is 0 Å². The molecule has 0 saturated heterocycles. The third-order valence-corrected chi connectivity index (χ3v) is 2.36. The van der Waals surface area contributed by atoms with Crippen LogP contribution in [0.5, 0.6) is 0 Å². The van der Waals surface area contributed by atoms with E-state index in [-0.39, 0.29) is 12.1 Å². The lowest BCUT2D eigenvalue weighted by molar-refractivity contribution is 0.0831. The van der Waals surface area contributed by atoms with Crippen molar-refractivity contribution < 1.29 is 4.74 Å². The van der Waals surface area contributed by atoms with E-state index < -0.39 is 0 Å². The van der Waals surface area contributed by atoms with E-state index in [0.29, 0.717) is 0 Å². The summed E-state index contributed by atoms with van der Waals surface area (Å²) < 4.78 is 5.22. The summed E-state index contributed by atoms with van der Waals surface area (Å²) in [6, 6.07) is 4.08. The number of pyridine rings is 1. The molecule has 0 aliphatic heterocycles. The fourth-order valence-corrected chi connectivity index (χ4v) is 1.30. The fraction of sp³-hybridized carbons (Fsp3) is 0.500. The van der Waals surface area contributed by atoms with E-state index >= 15 is 0 Å². The molecule has 1 aromatic heterocycles. The van der Waals surface area contributed by atoms with Gasteiger partial charge in [0.05, 0.1) is 12.1 Å². The third kappa shape index (κ3) is 3.06. The van der Waals surface area contributed by atoms with Gasteiger partial charge in [-0.1, -0.05) is 0 Å². The maximum atomic E-state index is 5.45. The number of nitrogens with zero attached hydrogens (tertiary/aromatic N) is 1. The van der Waals surface area contributed by atoms with Gasteiger partial charge in [-0.2, -0.15) is 0 Å². The predicted octanol–water partition coefficient (Wildman–Crippen LogP) is 0.491. The van der Waals surface area contributed by atoms with Crippen LogP contribution < -0.4 is 11.3 Å². The zero-order chi connectivity index (χ0) is 10.4. The van der Waals surface area contributed by atoms with Crippen LogP contribution >= 0.6 is 0 Å². The molecule has 4 nitrogen and oxygen atoms in total. The summed E-state index contributed by atoms with van der Waals surface area (Å²) in [4.78, 5) is 3.96. The second-order valence-corrected chi connectivity index (χ2v) is 3.27. The Balaban J connectivity index is 2.57. The van der Waals surface area contributed by atoms with Gasteiger partial charge in [0, 0.05) is 19.5 Å². The molecule has 0 radical (unpaired) electrons. The summed E-state index contributed by atoms with van der Waals surface area (Å²) in [5.74, 6) is 5.45. The first-order chi connectivity index (χ1) is 6.77. The van der Waals surface area contributed by atoms with Crippen molar-refractivity contribution in [3.8, 4) is 0 Å². The van der Waals surface area contributed by atoms with Gasteiger partial charge in [0.2, 0.25) is 0 Å². The number of hydrazine groups is 1. The number of rotatable bonds is 5. The van der Waals surface area contributed by atoms with Gasteiger partial charge in [0.1, 0.15) is 0 Å². The standard InChI is InChI=1S/C10H17N3O/c1-8(14-2)10(13-11)7-9-3-5-12-6-4-9/h3-6,8,10,13H,7,11H2,1-2H3. The Morgan fingerprint density at radius 3 is 2.64 bits per heavy atom. The van der Waals surface area contributed by atoms with Gasteiger partial charge in [-0.15, -0.1) is 0 Å². The normalized spacial score (nSPS) is 15.1.